The highest BCUT2D eigenvalue weighted by atomic mass is 31.1. The molecule has 1 heterocycles. The largest absolute Gasteiger partial charge is 0.365 e. The minimum atomic E-state index is 0.283. The van der Waals surface area contributed by atoms with E-state index in [4.69, 9.17) is 0 Å². The molecule has 0 fully saturated rings. The zero-order valence-electron chi connectivity index (χ0n) is 17.6. The van der Waals surface area contributed by atoms with E-state index in [0.29, 0.717) is 6.43 Å². The molecule has 0 aliphatic carbocycles. The van der Waals surface area contributed by atoms with Gasteiger partial charge in [-0.25, -0.2) is 0 Å². The van der Waals surface area contributed by atoms with Crippen molar-refractivity contribution in [1.29, 1.82) is 0 Å². The molecule has 0 amide bonds. The van der Waals surface area contributed by atoms with Gasteiger partial charge in [0.05, 0.1) is 6.67 Å². The molecule has 0 radical (unpaired) electrons. The van der Waals surface area contributed by atoms with E-state index >= 15 is 0 Å². The van der Waals surface area contributed by atoms with Gasteiger partial charge in [-0.15, -0.1) is 8.46 Å². The highest BCUT2D eigenvalue weighted by molar-refractivity contribution is 7.82. The Labute approximate surface area is 167 Å². The normalized spacial score (nSPS) is 14.6. The Balaban J connectivity index is 1.72. The molecule has 2 nitrogen and oxygen atoms in total. The van der Waals surface area contributed by atoms with Gasteiger partial charge in [-0.05, 0) is 37.2 Å². The average Bonchev–Trinajstić information content (AvgIpc) is 3.01. The van der Waals surface area contributed by atoms with Gasteiger partial charge in [-0.3, -0.25) is 0 Å². The van der Waals surface area contributed by atoms with E-state index in [-0.39, 0.29) is 5.31 Å². The van der Waals surface area contributed by atoms with Gasteiger partial charge in [0.1, 0.15) is 0 Å². The van der Waals surface area contributed by atoms with Crippen molar-refractivity contribution in [3.05, 3.63) is 71.6 Å². The van der Waals surface area contributed by atoms with E-state index in [0.717, 1.165) is 21.6 Å². The van der Waals surface area contributed by atoms with Crippen LogP contribution in [0.2, 0.25) is 5.31 Å². The van der Waals surface area contributed by atoms with E-state index in [9.17, 15) is 0 Å². The molecule has 0 N–H and O–H groups in total. The molecule has 2 aromatic carbocycles. The molecule has 3 rings (SSSR count). The number of anilines is 1. The van der Waals surface area contributed by atoms with E-state index in [1.807, 2.05) is 0 Å². The highest BCUT2D eigenvalue weighted by Gasteiger charge is 2.31. The molecule has 1 aliphatic heterocycles. The number of benzene rings is 2. The third kappa shape index (κ3) is 4.96. The lowest BCUT2D eigenvalue weighted by atomic mass is 9.53. The summed E-state index contributed by atoms with van der Waals surface area (Å²) in [7, 11) is 0.832. The predicted molar refractivity (Wildman–Crippen MR) is 124 cm³/mol. The number of hydrogen-bond donors (Lipinski definition) is 0. The van der Waals surface area contributed by atoms with E-state index in [1.165, 1.54) is 27.7 Å². The van der Waals surface area contributed by atoms with Crippen molar-refractivity contribution in [2.24, 2.45) is 0 Å². The maximum atomic E-state index is 2.48. The first-order chi connectivity index (χ1) is 12.7. The van der Waals surface area contributed by atoms with Gasteiger partial charge < -0.3 is 9.80 Å². The van der Waals surface area contributed by atoms with Crippen LogP contribution in [0.15, 0.2) is 54.9 Å². The molecule has 1 aliphatic rings. The third-order valence-electron chi connectivity index (χ3n) is 5.29. The summed E-state index contributed by atoms with van der Waals surface area (Å²) in [6, 6.07) is 15.5. The predicted octanol–water partition coefficient (Wildman–Crippen LogP) is 5.50. The second-order valence-electron chi connectivity index (χ2n) is 8.86. The number of aryl methyl sites for hydroxylation is 3. The summed E-state index contributed by atoms with van der Waals surface area (Å²) in [6.07, 6.45) is 6.24. The van der Waals surface area contributed by atoms with Crippen LogP contribution in [0.4, 0.5) is 5.69 Å². The highest BCUT2D eigenvalue weighted by Crippen LogP contribution is 2.38. The average molecular weight is 378 g/mol. The van der Waals surface area contributed by atoms with E-state index in [1.54, 1.807) is 0 Å². The smallest absolute Gasteiger partial charge is 0.199 e. The number of rotatable bonds is 5. The van der Waals surface area contributed by atoms with Crippen molar-refractivity contribution in [2.45, 2.75) is 46.9 Å². The SMILES string of the molecule is Cc1cc(C)c(N2C=CN(CB(Pc3ccccc3)C(C)(C)C)C2)c(C)c1. The molecule has 0 bridgehead atoms. The van der Waals surface area contributed by atoms with Crippen LogP contribution < -0.4 is 10.2 Å². The summed E-state index contributed by atoms with van der Waals surface area (Å²) in [5, 5.41) is 1.74. The third-order valence-corrected chi connectivity index (χ3v) is 7.35. The van der Waals surface area contributed by atoms with Gasteiger partial charge in [0.2, 0.25) is 0 Å². The first-order valence-corrected chi connectivity index (χ1v) is 10.9. The molecule has 0 saturated heterocycles. The van der Waals surface area contributed by atoms with Crippen molar-refractivity contribution in [1.82, 2.24) is 4.90 Å². The quantitative estimate of drug-likeness (QED) is 0.501. The molecule has 4 heteroatoms. The van der Waals surface area contributed by atoms with Gasteiger partial charge in [0, 0.05) is 24.5 Å². The minimum absolute atomic E-state index is 0.283. The molecule has 0 spiro atoms. The lowest BCUT2D eigenvalue weighted by Gasteiger charge is -2.32. The van der Waals surface area contributed by atoms with Crippen LogP contribution in [0.3, 0.4) is 0 Å². The van der Waals surface area contributed by atoms with Crippen LogP contribution in [0, 0.1) is 20.8 Å². The fourth-order valence-electron chi connectivity index (χ4n) is 3.86. The van der Waals surface area contributed by atoms with Crippen molar-refractivity contribution in [3.63, 3.8) is 0 Å². The summed E-state index contributed by atoms with van der Waals surface area (Å²) in [6.45, 7) is 14.7. The van der Waals surface area contributed by atoms with Crippen LogP contribution in [-0.4, -0.2) is 24.4 Å². The van der Waals surface area contributed by atoms with Crippen molar-refractivity contribution >= 4 is 25.9 Å². The Bertz CT molecular complexity index is 788. The fourth-order valence-corrected chi connectivity index (χ4v) is 5.41. The van der Waals surface area contributed by atoms with Crippen LogP contribution in [-0.2, 0) is 0 Å². The van der Waals surface area contributed by atoms with Crippen LogP contribution in [0.25, 0.3) is 0 Å². The summed E-state index contributed by atoms with van der Waals surface area (Å²) < 4.78 is 0. The molecule has 2 aromatic rings. The van der Waals surface area contributed by atoms with Gasteiger partial charge in [-0.2, -0.15) is 0 Å². The molecule has 0 aromatic heterocycles. The lowest BCUT2D eigenvalue weighted by molar-refractivity contribution is 0.462. The van der Waals surface area contributed by atoms with Crippen LogP contribution in [0.5, 0.6) is 0 Å². The van der Waals surface area contributed by atoms with E-state index < -0.39 is 0 Å². The molecule has 27 heavy (non-hydrogen) atoms. The summed E-state index contributed by atoms with van der Waals surface area (Å²) in [4.78, 5) is 4.88. The second kappa shape index (κ2) is 8.11. The Kier molecular flexibility index (Phi) is 6.01. The monoisotopic (exact) mass is 378 g/mol. The summed E-state index contributed by atoms with van der Waals surface area (Å²) in [5.41, 5.74) is 5.41. The Morgan fingerprint density at radius 2 is 1.59 bits per heavy atom. The second-order valence-corrected chi connectivity index (χ2v) is 10.4. The Morgan fingerprint density at radius 1 is 0.963 bits per heavy atom. The first kappa shape index (κ1) is 20.0. The standard InChI is InChI=1S/C23H32BN2P/c1-18-14-19(2)22(20(3)15-18)26-13-12-25(17-26)16-24(23(4,5)6)27-21-10-8-7-9-11-21/h7-15,27H,16-17H2,1-6H3. The van der Waals surface area contributed by atoms with Crippen molar-refractivity contribution in [2.75, 3.05) is 18.0 Å². The topological polar surface area (TPSA) is 6.48 Å². The maximum absolute atomic E-state index is 2.48. The summed E-state index contributed by atoms with van der Waals surface area (Å²) in [5.74, 6) is 0. The van der Waals surface area contributed by atoms with Crippen molar-refractivity contribution < 1.29 is 0 Å². The minimum Gasteiger partial charge on any atom is -0.365 e. The fraction of sp³-hybridized carbons (Fsp3) is 0.391. The van der Waals surface area contributed by atoms with Gasteiger partial charge in [0.25, 0.3) is 0 Å². The molecule has 1 unspecified atom stereocenters. The number of hydrogen-bond acceptors (Lipinski definition) is 2. The zero-order valence-corrected chi connectivity index (χ0v) is 18.6. The first-order valence-electron chi connectivity index (χ1n) is 9.82. The van der Waals surface area contributed by atoms with Crippen LogP contribution >= 0.6 is 8.46 Å². The molecular formula is C23H32BN2P. The number of nitrogens with zero attached hydrogens (tertiary/aromatic N) is 2. The van der Waals surface area contributed by atoms with Gasteiger partial charge >= 0.3 is 0 Å². The summed E-state index contributed by atoms with van der Waals surface area (Å²) >= 11 is 0. The van der Waals surface area contributed by atoms with E-state index in [2.05, 4.69) is 106 Å². The molecule has 142 valence electrons. The molecule has 0 saturated carbocycles. The van der Waals surface area contributed by atoms with Crippen molar-refractivity contribution in [3.8, 4) is 0 Å². The lowest BCUT2D eigenvalue weighted by Crippen LogP contribution is -2.38. The van der Waals surface area contributed by atoms with Gasteiger partial charge in [-0.1, -0.05) is 74.1 Å². The van der Waals surface area contributed by atoms with Crippen LogP contribution in [0.1, 0.15) is 37.5 Å². The molecular weight excluding hydrogens is 346 g/mol. The van der Waals surface area contributed by atoms with Gasteiger partial charge in [0.15, 0.2) is 6.43 Å². The zero-order chi connectivity index (χ0) is 19.6. The Hall–Kier alpha value is -1.73. The maximum Gasteiger partial charge on any atom is 0.199 e. The molecule has 1 atom stereocenters. The Morgan fingerprint density at radius 3 is 2.19 bits per heavy atom.